The summed E-state index contributed by atoms with van der Waals surface area (Å²) in [6.45, 7) is 4.55. The molecule has 0 radical (unpaired) electrons. The molecule has 3 aliphatic rings. The average molecular weight is 492 g/mol. The minimum atomic E-state index is -0.758. The van der Waals surface area contributed by atoms with E-state index in [2.05, 4.69) is 0 Å². The number of imide groups is 1. The maximum Gasteiger partial charge on any atom is 0.282 e. The number of nitro benzene ring substituents is 1. The molecule has 0 aliphatic carbocycles. The zero-order valence-electron chi connectivity index (χ0n) is 20.0. The molecule has 2 aromatic carbocycles. The van der Waals surface area contributed by atoms with Crippen LogP contribution in [0, 0.1) is 24.0 Å². The molecule has 3 aliphatic heterocycles. The molecule has 2 aromatic rings. The van der Waals surface area contributed by atoms with Gasteiger partial charge < -0.3 is 9.64 Å². The molecule has 0 N–H and O–H groups in total. The minimum absolute atomic E-state index is 0.0219. The fourth-order valence-corrected chi connectivity index (χ4v) is 5.23. The Morgan fingerprint density at radius 2 is 1.75 bits per heavy atom. The minimum Gasteiger partial charge on any atom is -0.486 e. The Bertz CT molecular complexity index is 1340. The highest BCUT2D eigenvalue weighted by molar-refractivity contribution is 6.23. The molecule has 0 bridgehead atoms. The second-order valence-electron chi connectivity index (χ2n) is 9.67. The Morgan fingerprint density at radius 3 is 2.44 bits per heavy atom. The first kappa shape index (κ1) is 23.7. The number of hydrogen-bond donors (Lipinski definition) is 0. The average Bonchev–Trinajstić information content (AvgIpc) is 3.09. The summed E-state index contributed by atoms with van der Waals surface area (Å²) in [7, 11) is 0. The molecular weight excluding hydrogens is 466 g/mol. The number of benzene rings is 2. The summed E-state index contributed by atoms with van der Waals surface area (Å²) in [4.78, 5) is 64.2. The lowest BCUT2D eigenvalue weighted by Crippen LogP contribution is -2.52. The predicted molar refractivity (Wildman–Crippen MR) is 127 cm³/mol. The van der Waals surface area contributed by atoms with Gasteiger partial charge >= 0.3 is 0 Å². The molecule has 0 saturated carbocycles. The quantitative estimate of drug-likeness (QED) is 0.365. The lowest BCUT2D eigenvalue weighted by atomic mass is 9.82. The number of ketones is 1. The highest BCUT2D eigenvalue weighted by Crippen LogP contribution is 2.40. The number of piperidine rings is 1. The Morgan fingerprint density at radius 1 is 1.06 bits per heavy atom. The van der Waals surface area contributed by atoms with Crippen molar-refractivity contribution in [1.29, 1.82) is 0 Å². The zero-order valence-corrected chi connectivity index (χ0v) is 20.0. The van der Waals surface area contributed by atoms with Crippen molar-refractivity contribution in [1.82, 2.24) is 9.80 Å². The third-order valence-electron chi connectivity index (χ3n) is 7.46. The van der Waals surface area contributed by atoms with E-state index >= 15 is 0 Å². The van der Waals surface area contributed by atoms with Gasteiger partial charge in [0.2, 0.25) is 5.91 Å². The van der Waals surface area contributed by atoms with Gasteiger partial charge in [0.25, 0.3) is 17.5 Å². The molecule has 10 heteroatoms. The van der Waals surface area contributed by atoms with Crippen LogP contribution in [0.4, 0.5) is 5.69 Å². The lowest BCUT2D eigenvalue weighted by Gasteiger charge is -2.44. The van der Waals surface area contributed by atoms with Crippen LogP contribution in [0.3, 0.4) is 0 Å². The molecule has 3 amide bonds. The van der Waals surface area contributed by atoms with Gasteiger partial charge in [-0.05, 0) is 43.2 Å². The first-order valence-electron chi connectivity index (χ1n) is 11.8. The molecule has 0 atom stereocenters. The molecule has 0 unspecified atom stereocenters. The van der Waals surface area contributed by atoms with Gasteiger partial charge in [0.05, 0.1) is 22.5 Å². The van der Waals surface area contributed by atoms with E-state index in [-0.39, 0.29) is 42.2 Å². The van der Waals surface area contributed by atoms with Crippen molar-refractivity contribution in [3.05, 3.63) is 68.3 Å². The number of Topliss-reactive ketones (excluding diaryl/α,β-unsaturated/α-hetero) is 1. The fourth-order valence-electron chi connectivity index (χ4n) is 5.23. The molecule has 0 aromatic heterocycles. The van der Waals surface area contributed by atoms with Crippen LogP contribution < -0.4 is 4.74 Å². The molecule has 186 valence electrons. The van der Waals surface area contributed by atoms with Crippen LogP contribution in [-0.2, 0) is 4.79 Å². The molecule has 1 saturated heterocycles. The first-order valence-corrected chi connectivity index (χ1v) is 11.8. The van der Waals surface area contributed by atoms with E-state index in [0.29, 0.717) is 37.2 Å². The van der Waals surface area contributed by atoms with Crippen molar-refractivity contribution in [3.63, 3.8) is 0 Å². The van der Waals surface area contributed by atoms with Crippen LogP contribution in [0.2, 0.25) is 0 Å². The highest BCUT2D eigenvalue weighted by Gasteiger charge is 2.44. The molecule has 5 rings (SSSR count). The number of carbonyl (C=O) groups is 4. The maximum atomic E-state index is 12.9. The number of hydrogen-bond acceptors (Lipinski definition) is 7. The number of rotatable bonds is 4. The van der Waals surface area contributed by atoms with E-state index in [1.54, 1.807) is 4.90 Å². The van der Waals surface area contributed by atoms with Crippen molar-refractivity contribution in [2.75, 3.05) is 19.6 Å². The van der Waals surface area contributed by atoms with E-state index in [0.717, 1.165) is 16.0 Å². The van der Waals surface area contributed by atoms with Crippen molar-refractivity contribution in [2.24, 2.45) is 0 Å². The molecule has 36 heavy (non-hydrogen) atoms. The van der Waals surface area contributed by atoms with Crippen molar-refractivity contribution in [3.8, 4) is 5.75 Å². The Kier molecular flexibility index (Phi) is 5.61. The lowest BCUT2D eigenvalue weighted by molar-refractivity contribution is -0.385. The monoisotopic (exact) mass is 491 g/mol. The second kappa shape index (κ2) is 8.54. The van der Waals surface area contributed by atoms with Crippen molar-refractivity contribution in [2.45, 2.75) is 45.1 Å². The van der Waals surface area contributed by atoms with Gasteiger partial charge in [0, 0.05) is 45.0 Å². The van der Waals surface area contributed by atoms with E-state index in [1.807, 2.05) is 26.0 Å². The van der Waals surface area contributed by atoms with Crippen molar-refractivity contribution >= 4 is 29.2 Å². The van der Waals surface area contributed by atoms with E-state index in [4.69, 9.17) is 4.74 Å². The maximum absolute atomic E-state index is 12.9. The Hall–Kier alpha value is -4.08. The van der Waals surface area contributed by atoms with Crippen molar-refractivity contribution < 1.29 is 28.8 Å². The Labute approximate surface area is 207 Å². The number of ether oxygens (including phenoxy) is 1. The molecule has 10 nitrogen and oxygen atoms in total. The van der Waals surface area contributed by atoms with Crippen LogP contribution in [0.15, 0.2) is 30.3 Å². The van der Waals surface area contributed by atoms with Gasteiger partial charge in [-0.25, -0.2) is 0 Å². The third-order valence-corrected chi connectivity index (χ3v) is 7.46. The predicted octanol–water partition coefficient (Wildman–Crippen LogP) is 3.22. The number of amides is 3. The number of carbonyl (C=O) groups excluding carboxylic acids is 4. The van der Waals surface area contributed by atoms with E-state index in [1.165, 1.54) is 18.2 Å². The third kappa shape index (κ3) is 3.82. The summed E-state index contributed by atoms with van der Waals surface area (Å²) in [5.41, 5.74) is 1.36. The number of fused-ring (bicyclic) bond motifs is 2. The summed E-state index contributed by atoms with van der Waals surface area (Å²) >= 11 is 0. The fraction of sp³-hybridized carbons (Fsp3) is 0.385. The number of likely N-dealkylation sites (tertiary alicyclic amines) is 1. The summed E-state index contributed by atoms with van der Waals surface area (Å²) in [6, 6.07) is 7.68. The number of aryl methyl sites for hydroxylation is 2. The number of nitrogens with zero attached hydrogens (tertiary/aromatic N) is 3. The van der Waals surface area contributed by atoms with Gasteiger partial charge in [-0.2, -0.15) is 0 Å². The Balaban J connectivity index is 1.21. The largest absolute Gasteiger partial charge is 0.486 e. The SMILES string of the molecule is Cc1cc2c(cc1C)C(=O)CC1(CCN(C(=O)CCN3C(=O)c4cccc([N+](=O)[O-])c4C3=O)CC1)O2. The topological polar surface area (TPSA) is 127 Å². The summed E-state index contributed by atoms with van der Waals surface area (Å²) in [5.74, 6) is -0.994. The van der Waals surface area contributed by atoms with E-state index in [9.17, 15) is 29.3 Å². The number of nitro groups is 1. The van der Waals surface area contributed by atoms with E-state index < -0.39 is 28.0 Å². The zero-order chi connectivity index (χ0) is 25.8. The summed E-state index contributed by atoms with van der Waals surface area (Å²) in [5, 5.41) is 11.3. The van der Waals surface area contributed by atoms with Gasteiger partial charge in [0.1, 0.15) is 16.9 Å². The highest BCUT2D eigenvalue weighted by atomic mass is 16.6. The smallest absolute Gasteiger partial charge is 0.282 e. The molecular formula is C26H25N3O7. The van der Waals surface area contributed by atoms with Gasteiger partial charge in [-0.15, -0.1) is 0 Å². The molecule has 1 fully saturated rings. The standard InChI is InChI=1S/C26H25N3O7/c1-15-12-18-20(30)14-26(36-21(18)13-16(15)2)7-10-27(11-8-26)22(31)6-9-28-24(32)17-4-3-5-19(29(34)35)23(17)25(28)33/h3-5,12-13H,6-11,14H2,1-2H3. The second-order valence-corrected chi connectivity index (χ2v) is 9.67. The van der Waals surface area contributed by atoms with Crippen LogP contribution in [0.25, 0.3) is 0 Å². The van der Waals surface area contributed by atoms with Crippen LogP contribution in [-0.4, -0.2) is 63.5 Å². The van der Waals surface area contributed by atoms with Gasteiger partial charge in [-0.1, -0.05) is 6.07 Å². The summed E-state index contributed by atoms with van der Waals surface area (Å²) < 4.78 is 6.32. The van der Waals surface area contributed by atoms with Crippen LogP contribution in [0.5, 0.6) is 5.75 Å². The van der Waals surface area contributed by atoms with Crippen LogP contribution in [0.1, 0.15) is 67.9 Å². The normalized spacial score (nSPS) is 18.2. The van der Waals surface area contributed by atoms with Gasteiger partial charge in [0.15, 0.2) is 5.78 Å². The van der Waals surface area contributed by atoms with Crippen LogP contribution >= 0.6 is 0 Å². The molecule has 1 spiro atoms. The van der Waals surface area contributed by atoms with Gasteiger partial charge in [-0.3, -0.25) is 34.2 Å². The first-order chi connectivity index (χ1) is 17.1. The molecule has 3 heterocycles. The summed E-state index contributed by atoms with van der Waals surface area (Å²) in [6.07, 6.45) is 1.16.